The number of ether oxygens (including phenoxy) is 1. The lowest BCUT2D eigenvalue weighted by Crippen LogP contribution is -2.29. The molecule has 1 unspecified atom stereocenters. The van der Waals surface area contributed by atoms with Crippen molar-refractivity contribution in [2.75, 3.05) is 0 Å². The van der Waals surface area contributed by atoms with Gasteiger partial charge in [0.2, 0.25) is 0 Å². The molecule has 5 heteroatoms. The van der Waals surface area contributed by atoms with Crippen molar-refractivity contribution in [3.05, 3.63) is 29.8 Å². The van der Waals surface area contributed by atoms with E-state index >= 15 is 0 Å². The van der Waals surface area contributed by atoms with Crippen LogP contribution in [0.2, 0.25) is 0 Å². The van der Waals surface area contributed by atoms with E-state index in [1.807, 2.05) is 0 Å². The lowest BCUT2D eigenvalue weighted by atomic mass is 10.0. The molecule has 120 valence electrons. The van der Waals surface area contributed by atoms with E-state index in [4.69, 9.17) is 0 Å². The van der Waals surface area contributed by atoms with Gasteiger partial charge in [-0.15, -0.1) is 13.2 Å². The second-order valence-electron chi connectivity index (χ2n) is 5.16. The lowest BCUT2D eigenvalue weighted by Gasteiger charge is -2.19. The standard InChI is InChI=1S/C16H24F3NO/c1-3-5-10-14(8-4-2)20-12-13-9-6-7-11-15(13)21-16(17,18)19/h6-7,9,11,14,20H,3-5,8,10,12H2,1-2H3. The number of alkyl halides is 3. The SMILES string of the molecule is CCCCC(CCC)NCc1ccccc1OC(F)(F)F. The number of nitrogens with one attached hydrogen (secondary N) is 1. The summed E-state index contributed by atoms with van der Waals surface area (Å²) in [6.07, 6.45) is 0.728. The Kier molecular flexibility index (Phi) is 7.57. The van der Waals surface area contributed by atoms with Gasteiger partial charge in [-0.25, -0.2) is 0 Å². The molecule has 0 saturated heterocycles. The molecule has 1 aromatic rings. The molecule has 0 aliphatic heterocycles. The molecule has 0 amide bonds. The molecule has 0 radical (unpaired) electrons. The summed E-state index contributed by atoms with van der Waals surface area (Å²) >= 11 is 0. The zero-order valence-electron chi connectivity index (χ0n) is 12.7. The number of halogens is 3. The Hall–Kier alpha value is -1.23. The Balaban J connectivity index is 2.64. The molecular formula is C16H24F3NO. The molecule has 0 bridgehead atoms. The maximum absolute atomic E-state index is 12.4. The first kappa shape index (κ1) is 17.8. The summed E-state index contributed by atoms with van der Waals surface area (Å²) in [6.45, 7) is 4.64. The van der Waals surface area contributed by atoms with E-state index in [0.29, 0.717) is 18.2 Å². The van der Waals surface area contributed by atoms with Gasteiger partial charge < -0.3 is 10.1 Å². The Bertz CT molecular complexity index is 407. The van der Waals surface area contributed by atoms with Crippen molar-refractivity contribution in [3.63, 3.8) is 0 Å². The van der Waals surface area contributed by atoms with Gasteiger partial charge in [0.05, 0.1) is 0 Å². The monoisotopic (exact) mass is 303 g/mol. The fraction of sp³-hybridized carbons (Fsp3) is 0.625. The number of para-hydroxylation sites is 1. The van der Waals surface area contributed by atoms with Gasteiger partial charge in [-0.3, -0.25) is 0 Å². The number of hydrogen-bond acceptors (Lipinski definition) is 2. The second kappa shape index (κ2) is 8.93. The molecule has 2 nitrogen and oxygen atoms in total. The smallest absolute Gasteiger partial charge is 0.405 e. The summed E-state index contributed by atoms with van der Waals surface area (Å²) < 4.78 is 41.2. The van der Waals surface area contributed by atoms with Crippen LogP contribution in [0.5, 0.6) is 5.75 Å². The van der Waals surface area contributed by atoms with Crippen LogP contribution >= 0.6 is 0 Å². The summed E-state index contributed by atoms with van der Waals surface area (Å²) in [6, 6.07) is 6.63. The van der Waals surface area contributed by atoms with Crippen LogP contribution in [-0.4, -0.2) is 12.4 Å². The van der Waals surface area contributed by atoms with Crippen LogP contribution in [0.1, 0.15) is 51.5 Å². The van der Waals surface area contributed by atoms with Crippen LogP contribution in [0.25, 0.3) is 0 Å². The van der Waals surface area contributed by atoms with E-state index in [0.717, 1.165) is 32.1 Å². The first-order valence-corrected chi connectivity index (χ1v) is 7.53. The summed E-state index contributed by atoms with van der Waals surface area (Å²) in [4.78, 5) is 0. The van der Waals surface area contributed by atoms with Gasteiger partial charge in [0.25, 0.3) is 0 Å². The minimum atomic E-state index is -4.65. The normalized spacial score (nSPS) is 13.2. The van der Waals surface area contributed by atoms with Crippen LogP contribution in [-0.2, 0) is 6.54 Å². The average molecular weight is 303 g/mol. The summed E-state index contributed by atoms with van der Waals surface area (Å²) in [5.74, 6) is -0.122. The van der Waals surface area contributed by atoms with E-state index < -0.39 is 6.36 Å². The van der Waals surface area contributed by atoms with Gasteiger partial charge in [0.1, 0.15) is 5.75 Å². The molecule has 1 N–H and O–H groups in total. The Morgan fingerprint density at radius 3 is 2.43 bits per heavy atom. The fourth-order valence-electron chi connectivity index (χ4n) is 2.28. The van der Waals surface area contributed by atoms with Crippen molar-refractivity contribution >= 4 is 0 Å². The summed E-state index contributed by atoms with van der Waals surface area (Å²) in [5.41, 5.74) is 0.535. The molecule has 0 spiro atoms. The number of rotatable bonds is 9. The molecule has 0 saturated carbocycles. The highest BCUT2D eigenvalue weighted by atomic mass is 19.4. The molecule has 0 aromatic heterocycles. The predicted molar refractivity (Wildman–Crippen MR) is 78.2 cm³/mol. The van der Waals surface area contributed by atoms with E-state index in [9.17, 15) is 13.2 Å². The Labute approximate surface area is 124 Å². The highest BCUT2D eigenvalue weighted by Gasteiger charge is 2.31. The van der Waals surface area contributed by atoms with Gasteiger partial charge in [-0.05, 0) is 18.9 Å². The predicted octanol–water partition coefficient (Wildman–Crippen LogP) is 5.03. The molecule has 1 aromatic carbocycles. The second-order valence-corrected chi connectivity index (χ2v) is 5.16. The molecule has 0 aliphatic rings. The first-order chi connectivity index (χ1) is 9.96. The third-order valence-corrected chi connectivity index (χ3v) is 3.32. The third-order valence-electron chi connectivity index (χ3n) is 3.32. The zero-order valence-corrected chi connectivity index (χ0v) is 12.7. The highest BCUT2D eigenvalue weighted by molar-refractivity contribution is 5.33. The average Bonchev–Trinajstić information content (AvgIpc) is 2.41. The van der Waals surface area contributed by atoms with Crippen molar-refractivity contribution in [2.24, 2.45) is 0 Å². The number of benzene rings is 1. The van der Waals surface area contributed by atoms with Crippen LogP contribution in [0.3, 0.4) is 0 Å². The van der Waals surface area contributed by atoms with Gasteiger partial charge >= 0.3 is 6.36 Å². The van der Waals surface area contributed by atoms with E-state index in [1.54, 1.807) is 18.2 Å². The highest BCUT2D eigenvalue weighted by Crippen LogP contribution is 2.26. The quantitative estimate of drug-likeness (QED) is 0.690. The largest absolute Gasteiger partial charge is 0.573 e. The maximum Gasteiger partial charge on any atom is 0.573 e. The summed E-state index contributed by atoms with van der Waals surface area (Å²) in [7, 11) is 0. The van der Waals surface area contributed by atoms with Crippen LogP contribution < -0.4 is 10.1 Å². The van der Waals surface area contributed by atoms with Gasteiger partial charge in [0, 0.05) is 18.2 Å². The molecular weight excluding hydrogens is 279 g/mol. The van der Waals surface area contributed by atoms with Crippen molar-refractivity contribution in [1.82, 2.24) is 5.32 Å². The third kappa shape index (κ3) is 7.37. The topological polar surface area (TPSA) is 21.3 Å². The molecule has 0 fully saturated rings. The van der Waals surface area contributed by atoms with Crippen molar-refractivity contribution in [3.8, 4) is 5.75 Å². The van der Waals surface area contributed by atoms with Crippen molar-refractivity contribution < 1.29 is 17.9 Å². The maximum atomic E-state index is 12.4. The van der Waals surface area contributed by atoms with Crippen molar-refractivity contribution in [1.29, 1.82) is 0 Å². The van der Waals surface area contributed by atoms with E-state index in [2.05, 4.69) is 23.9 Å². The van der Waals surface area contributed by atoms with Gasteiger partial charge in [-0.2, -0.15) is 0 Å². The fourth-order valence-corrected chi connectivity index (χ4v) is 2.28. The Morgan fingerprint density at radius 2 is 1.81 bits per heavy atom. The first-order valence-electron chi connectivity index (χ1n) is 7.53. The molecule has 1 atom stereocenters. The van der Waals surface area contributed by atoms with Crippen LogP contribution in [0.15, 0.2) is 24.3 Å². The van der Waals surface area contributed by atoms with Crippen LogP contribution in [0, 0.1) is 0 Å². The van der Waals surface area contributed by atoms with E-state index in [-0.39, 0.29) is 5.75 Å². The minimum absolute atomic E-state index is 0.122. The number of unbranched alkanes of at least 4 members (excludes halogenated alkanes) is 1. The zero-order chi connectivity index (χ0) is 15.7. The summed E-state index contributed by atoms with van der Waals surface area (Å²) in [5, 5.41) is 3.35. The van der Waals surface area contributed by atoms with E-state index in [1.165, 1.54) is 6.07 Å². The number of hydrogen-bond donors (Lipinski definition) is 1. The lowest BCUT2D eigenvalue weighted by molar-refractivity contribution is -0.274. The van der Waals surface area contributed by atoms with Crippen LogP contribution in [0.4, 0.5) is 13.2 Å². The molecule has 0 heterocycles. The van der Waals surface area contributed by atoms with Gasteiger partial charge in [-0.1, -0.05) is 51.3 Å². The van der Waals surface area contributed by atoms with Gasteiger partial charge in [0.15, 0.2) is 0 Å². The molecule has 21 heavy (non-hydrogen) atoms. The molecule has 0 aliphatic carbocycles. The Morgan fingerprint density at radius 1 is 1.10 bits per heavy atom. The van der Waals surface area contributed by atoms with Crippen molar-refractivity contribution in [2.45, 2.75) is 64.9 Å². The molecule has 1 rings (SSSR count). The minimum Gasteiger partial charge on any atom is -0.405 e.